The van der Waals surface area contributed by atoms with Gasteiger partial charge in [0.05, 0.1) is 0 Å². The molecule has 1 aliphatic rings. The van der Waals surface area contributed by atoms with Crippen LogP contribution in [0.3, 0.4) is 0 Å². The van der Waals surface area contributed by atoms with Crippen LogP contribution in [-0.4, -0.2) is 16.1 Å². The van der Waals surface area contributed by atoms with E-state index in [1.165, 1.54) is 19.3 Å². The second kappa shape index (κ2) is 5.84. The Morgan fingerprint density at radius 3 is 2.94 bits per heavy atom. The van der Waals surface area contributed by atoms with Crippen LogP contribution in [0.1, 0.15) is 51.5 Å². The van der Waals surface area contributed by atoms with Crippen LogP contribution in [0.4, 0.5) is 5.82 Å². The third kappa shape index (κ3) is 3.32. The molecule has 1 fully saturated rings. The van der Waals surface area contributed by atoms with E-state index in [1.807, 2.05) is 0 Å². The van der Waals surface area contributed by atoms with Crippen molar-refractivity contribution < 1.29 is 0 Å². The first kappa shape index (κ1) is 12.1. The quantitative estimate of drug-likeness (QED) is 0.739. The molecule has 0 bridgehead atoms. The van der Waals surface area contributed by atoms with E-state index < -0.39 is 0 Å². The fraction of sp³-hybridized carbons (Fsp3) is 0.692. The Kier molecular flexibility index (Phi) is 4.18. The molecular formula is C13H21N3O. The average molecular weight is 235 g/mol. The molecule has 0 unspecified atom stereocenters. The number of unbranched alkanes of at least 4 members (excludes halogenated alkanes) is 3. The molecule has 1 saturated carbocycles. The highest BCUT2D eigenvalue weighted by Gasteiger charge is 2.25. The zero-order chi connectivity index (χ0) is 12.1. The Bertz CT molecular complexity index is 409. The minimum atomic E-state index is 0.0329. The van der Waals surface area contributed by atoms with Gasteiger partial charge in [0.15, 0.2) is 5.82 Å². The van der Waals surface area contributed by atoms with Crippen molar-refractivity contribution in [1.82, 2.24) is 9.55 Å². The smallest absolute Gasteiger partial charge is 0.293 e. The summed E-state index contributed by atoms with van der Waals surface area (Å²) in [7, 11) is 0. The second-order valence-corrected chi connectivity index (χ2v) is 4.71. The number of aromatic nitrogens is 2. The number of rotatable bonds is 7. The molecule has 0 aromatic carbocycles. The zero-order valence-electron chi connectivity index (χ0n) is 10.5. The third-order valence-electron chi connectivity index (χ3n) is 3.13. The highest BCUT2D eigenvalue weighted by atomic mass is 16.1. The van der Waals surface area contributed by atoms with Crippen LogP contribution >= 0.6 is 0 Å². The number of anilines is 1. The molecule has 4 nitrogen and oxygen atoms in total. The van der Waals surface area contributed by atoms with Gasteiger partial charge in [-0.25, -0.2) is 4.98 Å². The van der Waals surface area contributed by atoms with E-state index in [1.54, 1.807) is 17.0 Å². The second-order valence-electron chi connectivity index (χ2n) is 4.71. The fourth-order valence-corrected chi connectivity index (χ4v) is 1.94. The van der Waals surface area contributed by atoms with Crippen LogP contribution in [0.2, 0.25) is 0 Å². The lowest BCUT2D eigenvalue weighted by molar-refractivity contribution is 0.677. The molecule has 0 radical (unpaired) electrons. The average Bonchev–Trinajstić information content (AvgIpc) is 3.15. The van der Waals surface area contributed by atoms with Crippen LogP contribution in [0.5, 0.6) is 0 Å². The molecule has 4 heteroatoms. The summed E-state index contributed by atoms with van der Waals surface area (Å²) in [6, 6.07) is 0.422. The van der Waals surface area contributed by atoms with Crippen LogP contribution in [0.15, 0.2) is 17.2 Å². The minimum Gasteiger partial charge on any atom is -0.365 e. The van der Waals surface area contributed by atoms with Crippen molar-refractivity contribution in [2.45, 2.75) is 51.5 Å². The topological polar surface area (TPSA) is 46.9 Å². The maximum Gasteiger partial charge on any atom is 0.293 e. The van der Waals surface area contributed by atoms with Gasteiger partial charge >= 0.3 is 0 Å². The number of nitrogens with zero attached hydrogens (tertiary/aromatic N) is 2. The standard InChI is InChI=1S/C13H21N3O/c1-2-3-4-5-8-14-12-13(17)16(10-9-15-12)11-6-7-11/h9-11H,2-8H2,1H3,(H,14,15). The van der Waals surface area contributed by atoms with E-state index in [0.717, 1.165) is 25.8 Å². The zero-order valence-corrected chi connectivity index (χ0v) is 10.5. The Hall–Kier alpha value is -1.32. The summed E-state index contributed by atoms with van der Waals surface area (Å²) in [5.74, 6) is 0.510. The third-order valence-corrected chi connectivity index (χ3v) is 3.13. The number of hydrogen-bond donors (Lipinski definition) is 1. The number of hydrogen-bond acceptors (Lipinski definition) is 3. The van der Waals surface area contributed by atoms with Gasteiger partial charge in [0.25, 0.3) is 5.56 Å². The summed E-state index contributed by atoms with van der Waals surface area (Å²) in [5.41, 5.74) is 0.0329. The monoisotopic (exact) mass is 235 g/mol. The molecule has 17 heavy (non-hydrogen) atoms. The minimum absolute atomic E-state index is 0.0329. The van der Waals surface area contributed by atoms with Crippen LogP contribution in [0.25, 0.3) is 0 Å². The van der Waals surface area contributed by atoms with Gasteiger partial charge in [-0.3, -0.25) is 4.79 Å². The molecule has 0 saturated heterocycles. The Labute approximate surface area is 102 Å². The molecule has 1 aromatic heterocycles. The SMILES string of the molecule is CCCCCCNc1nccn(C2CC2)c1=O. The normalized spacial score (nSPS) is 14.9. The van der Waals surface area contributed by atoms with Crippen molar-refractivity contribution >= 4 is 5.82 Å². The Morgan fingerprint density at radius 1 is 1.41 bits per heavy atom. The largest absolute Gasteiger partial charge is 0.365 e. The van der Waals surface area contributed by atoms with Gasteiger partial charge in [0.2, 0.25) is 0 Å². The van der Waals surface area contributed by atoms with Crippen LogP contribution < -0.4 is 10.9 Å². The molecule has 0 atom stereocenters. The molecule has 94 valence electrons. The molecular weight excluding hydrogens is 214 g/mol. The first-order valence-corrected chi connectivity index (χ1v) is 6.64. The Morgan fingerprint density at radius 2 is 2.24 bits per heavy atom. The molecule has 2 rings (SSSR count). The lowest BCUT2D eigenvalue weighted by Crippen LogP contribution is -2.24. The first-order chi connectivity index (χ1) is 8.33. The van der Waals surface area contributed by atoms with E-state index in [4.69, 9.17) is 0 Å². The van der Waals surface area contributed by atoms with Gasteiger partial charge in [0, 0.05) is 25.0 Å². The molecule has 0 aliphatic heterocycles. The molecule has 0 amide bonds. The van der Waals surface area contributed by atoms with Crippen molar-refractivity contribution in [3.63, 3.8) is 0 Å². The summed E-state index contributed by atoms with van der Waals surface area (Å²) in [5, 5.41) is 3.15. The van der Waals surface area contributed by atoms with E-state index in [2.05, 4.69) is 17.2 Å². The summed E-state index contributed by atoms with van der Waals surface area (Å²) in [6.07, 6.45) is 10.6. The number of nitrogens with one attached hydrogen (secondary N) is 1. The van der Waals surface area contributed by atoms with Gasteiger partial charge in [0.1, 0.15) is 0 Å². The first-order valence-electron chi connectivity index (χ1n) is 6.64. The highest BCUT2D eigenvalue weighted by Crippen LogP contribution is 2.33. The summed E-state index contributed by atoms with van der Waals surface area (Å²) in [6.45, 7) is 3.04. The van der Waals surface area contributed by atoms with Gasteiger partial charge in [-0.1, -0.05) is 26.2 Å². The van der Waals surface area contributed by atoms with Gasteiger partial charge < -0.3 is 9.88 Å². The molecule has 1 heterocycles. The highest BCUT2D eigenvalue weighted by molar-refractivity contribution is 5.30. The van der Waals surface area contributed by atoms with Crippen molar-refractivity contribution in [3.8, 4) is 0 Å². The Balaban J connectivity index is 1.87. The maximum absolute atomic E-state index is 12.0. The van der Waals surface area contributed by atoms with Gasteiger partial charge in [-0.15, -0.1) is 0 Å². The van der Waals surface area contributed by atoms with E-state index in [0.29, 0.717) is 11.9 Å². The van der Waals surface area contributed by atoms with E-state index >= 15 is 0 Å². The van der Waals surface area contributed by atoms with Crippen molar-refractivity contribution in [3.05, 3.63) is 22.7 Å². The summed E-state index contributed by atoms with van der Waals surface area (Å²) >= 11 is 0. The summed E-state index contributed by atoms with van der Waals surface area (Å²) < 4.78 is 1.81. The van der Waals surface area contributed by atoms with Gasteiger partial charge in [-0.05, 0) is 19.3 Å². The van der Waals surface area contributed by atoms with Crippen LogP contribution in [-0.2, 0) is 0 Å². The molecule has 1 N–H and O–H groups in total. The van der Waals surface area contributed by atoms with E-state index in [-0.39, 0.29) is 5.56 Å². The maximum atomic E-state index is 12.0. The van der Waals surface area contributed by atoms with E-state index in [9.17, 15) is 4.79 Å². The van der Waals surface area contributed by atoms with Crippen molar-refractivity contribution in [2.24, 2.45) is 0 Å². The van der Waals surface area contributed by atoms with Crippen LogP contribution in [0, 0.1) is 0 Å². The van der Waals surface area contributed by atoms with Crippen molar-refractivity contribution in [2.75, 3.05) is 11.9 Å². The molecule has 1 aromatic rings. The fourth-order valence-electron chi connectivity index (χ4n) is 1.94. The lowest BCUT2D eigenvalue weighted by Gasteiger charge is -2.07. The molecule has 1 aliphatic carbocycles. The predicted molar refractivity (Wildman–Crippen MR) is 69.4 cm³/mol. The van der Waals surface area contributed by atoms with Gasteiger partial charge in [-0.2, -0.15) is 0 Å². The predicted octanol–water partition coefficient (Wildman–Crippen LogP) is 2.57. The summed E-state index contributed by atoms with van der Waals surface area (Å²) in [4.78, 5) is 16.1. The lowest BCUT2D eigenvalue weighted by atomic mass is 10.2. The van der Waals surface area contributed by atoms with Crippen molar-refractivity contribution in [1.29, 1.82) is 0 Å². The molecule has 0 spiro atoms.